The predicted molar refractivity (Wildman–Crippen MR) is 66.0 cm³/mol. The third kappa shape index (κ3) is 2.84. The number of nitrogens with zero attached hydrogens (tertiary/aromatic N) is 1. The number of aromatic nitrogens is 1. The standard InChI is InChI=1S/C10H15NO4S2/c1-6(17(4,14)15)8-11-7(5-16-8)10(2,3)9(12)13/h5-6H,1-4H3,(H,12,13). The molecule has 1 atom stereocenters. The van der Waals surface area contributed by atoms with Crippen molar-refractivity contribution in [2.75, 3.05) is 6.26 Å². The van der Waals surface area contributed by atoms with Gasteiger partial charge in [-0.2, -0.15) is 0 Å². The van der Waals surface area contributed by atoms with Gasteiger partial charge in [-0.1, -0.05) is 0 Å². The van der Waals surface area contributed by atoms with Crippen molar-refractivity contribution in [2.45, 2.75) is 31.4 Å². The fourth-order valence-electron chi connectivity index (χ4n) is 1.05. The molecule has 1 heterocycles. The van der Waals surface area contributed by atoms with Crippen molar-refractivity contribution >= 4 is 27.1 Å². The molecule has 0 aliphatic heterocycles. The highest BCUT2D eigenvalue weighted by molar-refractivity contribution is 7.91. The van der Waals surface area contributed by atoms with E-state index in [1.807, 2.05) is 0 Å². The zero-order chi connectivity index (χ0) is 13.4. The number of hydrogen-bond acceptors (Lipinski definition) is 5. The van der Waals surface area contributed by atoms with Gasteiger partial charge in [0, 0.05) is 11.6 Å². The molecule has 0 saturated carbocycles. The lowest BCUT2D eigenvalue weighted by atomic mass is 9.90. The zero-order valence-corrected chi connectivity index (χ0v) is 11.7. The van der Waals surface area contributed by atoms with Crippen molar-refractivity contribution in [1.82, 2.24) is 4.98 Å². The first-order valence-electron chi connectivity index (χ1n) is 4.95. The van der Waals surface area contributed by atoms with Crippen LogP contribution in [0.5, 0.6) is 0 Å². The molecular weight excluding hydrogens is 262 g/mol. The van der Waals surface area contributed by atoms with Gasteiger partial charge in [0.15, 0.2) is 9.84 Å². The average Bonchev–Trinajstić information content (AvgIpc) is 2.63. The molecule has 5 nitrogen and oxygen atoms in total. The topological polar surface area (TPSA) is 84.3 Å². The minimum absolute atomic E-state index is 0.389. The third-order valence-electron chi connectivity index (χ3n) is 2.69. The second-order valence-electron chi connectivity index (χ2n) is 4.47. The van der Waals surface area contributed by atoms with Crippen LogP contribution in [0.1, 0.15) is 36.7 Å². The molecule has 1 unspecified atom stereocenters. The molecule has 0 aliphatic rings. The van der Waals surface area contributed by atoms with Gasteiger partial charge in [0.1, 0.15) is 15.7 Å². The van der Waals surface area contributed by atoms with Gasteiger partial charge in [-0.3, -0.25) is 4.79 Å². The molecule has 0 saturated heterocycles. The van der Waals surface area contributed by atoms with Gasteiger partial charge in [0.25, 0.3) is 0 Å². The van der Waals surface area contributed by atoms with Gasteiger partial charge in [0.05, 0.1) is 5.69 Å². The molecule has 0 fully saturated rings. The number of thiazole rings is 1. The molecule has 1 rings (SSSR count). The maximum Gasteiger partial charge on any atom is 0.315 e. The third-order valence-corrected chi connectivity index (χ3v) is 5.37. The lowest BCUT2D eigenvalue weighted by Gasteiger charge is -2.15. The maximum atomic E-state index is 11.4. The summed E-state index contributed by atoms with van der Waals surface area (Å²) in [5.74, 6) is -0.985. The Labute approximate surface area is 104 Å². The first-order chi connectivity index (χ1) is 7.56. The number of rotatable bonds is 4. The summed E-state index contributed by atoms with van der Waals surface area (Å²) in [5, 5.41) is 10.4. The van der Waals surface area contributed by atoms with Crippen LogP contribution < -0.4 is 0 Å². The number of carbonyl (C=O) groups is 1. The smallest absolute Gasteiger partial charge is 0.315 e. The molecule has 0 aliphatic carbocycles. The highest BCUT2D eigenvalue weighted by atomic mass is 32.2. The van der Waals surface area contributed by atoms with Crippen LogP contribution in [-0.4, -0.2) is 30.7 Å². The summed E-state index contributed by atoms with van der Waals surface area (Å²) in [5.41, 5.74) is -0.716. The number of aliphatic carboxylic acids is 1. The molecule has 96 valence electrons. The summed E-state index contributed by atoms with van der Waals surface area (Å²) < 4.78 is 22.7. The molecule has 17 heavy (non-hydrogen) atoms. The number of carboxylic acid groups (broad SMARTS) is 1. The van der Waals surface area contributed by atoms with Gasteiger partial charge in [-0.25, -0.2) is 13.4 Å². The summed E-state index contributed by atoms with van der Waals surface area (Å²) in [4.78, 5) is 15.2. The van der Waals surface area contributed by atoms with Crippen LogP contribution in [0.2, 0.25) is 0 Å². The highest BCUT2D eigenvalue weighted by Crippen LogP contribution is 2.30. The van der Waals surface area contributed by atoms with Crippen LogP contribution in [0, 0.1) is 0 Å². The molecular formula is C10H15NO4S2. The lowest BCUT2D eigenvalue weighted by molar-refractivity contribution is -0.142. The summed E-state index contributed by atoms with van der Waals surface area (Å²) in [6.45, 7) is 4.63. The Hall–Kier alpha value is -0.950. The van der Waals surface area contributed by atoms with Gasteiger partial charge < -0.3 is 5.11 Å². The summed E-state index contributed by atoms with van der Waals surface area (Å²) in [6.07, 6.45) is 1.14. The molecule has 0 spiro atoms. The Kier molecular flexibility index (Phi) is 3.63. The van der Waals surface area contributed by atoms with Crippen molar-refractivity contribution < 1.29 is 18.3 Å². The predicted octanol–water partition coefficient (Wildman–Crippen LogP) is 1.61. The molecule has 1 aromatic heterocycles. The molecule has 0 amide bonds. The monoisotopic (exact) mass is 277 g/mol. The van der Waals surface area contributed by atoms with E-state index in [1.54, 1.807) is 26.2 Å². The molecule has 1 aromatic rings. The number of carboxylic acids is 1. The van der Waals surface area contributed by atoms with Crippen LogP contribution >= 0.6 is 11.3 Å². The van der Waals surface area contributed by atoms with Crippen molar-refractivity contribution in [3.8, 4) is 0 Å². The number of sulfone groups is 1. The van der Waals surface area contributed by atoms with E-state index in [-0.39, 0.29) is 0 Å². The first-order valence-corrected chi connectivity index (χ1v) is 7.78. The highest BCUT2D eigenvalue weighted by Gasteiger charge is 2.33. The Morgan fingerprint density at radius 1 is 1.53 bits per heavy atom. The Morgan fingerprint density at radius 3 is 2.47 bits per heavy atom. The SMILES string of the molecule is CC(c1nc(C(C)(C)C(=O)O)cs1)S(C)(=O)=O. The van der Waals surface area contributed by atoms with E-state index in [1.165, 1.54) is 11.3 Å². The largest absolute Gasteiger partial charge is 0.481 e. The minimum Gasteiger partial charge on any atom is -0.481 e. The van der Waals surface area contributed by atoms with E-state index in [0.717, 1.165) is 6.26 Å². The van der Waals surface area contributed by atoms with E-state index < -0.39 is 26.5 Å². The Morgan fingerprint density at radius 2 is 2.06 bits per heavy atom. The Bertz CT molecular complexity index is 530. The van der Waals surface area contributed by atoms with Gasteiger partial charge in [-0.15, -0.1) is 11.3 Å². The summed E-state index contributed by atoms with van der Waals surface area (Å²) in [7, 11) is -3.21. The van der Waals surface area contributed by atoms with E-state index in [0.29, 0.717) is 10.7 Å². The molecule has 7 heteroatoms. The second kappa shape index (κ2) is 4.38. The fourth-order valence-corrected chi connectivity index (χ4v) is 3.09. The van der Waals surface area contributed by atoms with Crippen molar-refractivity contribution in [3.63, 3.8) is 0 Å². The molecule has 0 radical (unpaired) electrons. The van der Waals surface area contributed by atoms with E-state index >= 15 is 0 Å². The van der Waals surface area contributed by atoms with Crippen LogP contribution in [0.4, 0.5) is 0 Å². The van der Waals surface area contributed by atoms with Crippen LogP contribution in [0.15, 0.2) is 5.38 Å². The molecule has 0 aromatic carbocycles. The normalized spacial score (nSPS) is 14.6. The summed E-state index contributed by atoms with van der Waals surface area (Å²) in [6, 6.07) is 0. The Balaban J connectivity index is 3.13. The van der Waals surface area contributed by atoms with E-state index in [2.05, 4.69) is 4.98 Å². The maximum absolute atomic E-state index is 11.4. The van der Waals surface area contributed by atoms with Gasteiger partial charge in [0.2, 0.25) is 0 Å². The fraction of sp³-hybridized carbons (Fsp3) is 0.600. The average molecular weight is 277 g/mol. The zero-order valence-electron chi connectivity index (χ0n) is 10.1. The lowest BCUT2D eigenvalue weighted by Crippen LogP contribution is -2.29. The van der Waals surface area contributed by atoms with E-state index in [9.17, 15) is 13.2 Å². The van der Waals surface area contributed by atoms with E-state index in [4.69, 9.17) is 5.11 Å². The van der Waals surface area contributed by atoms with Crippen molar-refractivity contribution in [3.05, 3.63) is 16.1 Å². The minimum atomic E-state index is -3.21. The van der Waals surface area contributed by atoms with Crippen molar-refractivity contribution in [1.29, 1.82) is 0 Å². The number of hydrogen-bond donors (Lipinski definition) is 1. The van der Waals surface area contributed by atoms with Crippen LogP contribution in [0.3, 0.4) is 0 Å². The van der Waals surface area contributed by atoms with Gasteiger partial charge >= 0.3 is 5.97 Å². The quantitative estimate of drug-likeness (QED) is 0.903. The first kappa shape index (κ1) is 14.1. The molecule has 1 N–H and O–H groups in total. The van der Waals surface area contributed by atoms with Crippen LogP contribution in [0.25, 0.3) is 0 Å². The molecule has 0 bridgehead atoms. The summed E-state index contributed by atoms with van der Waals surface area (Å²) >= 11 is 1.18. The van der Waals surface area contributed by atoms with Crippen molar-refractivity contribution in [2.24, 2.45) is 0 Å². The van der Waals surface area contributed by atoms with Gasteiger partial charge in [-0.05, 0) is 20.8 Å². The second-order valence-corrected chi connectivity index (χ2v) is 7.73. The van der Waals surface area contributed by atoms with Crippen LogP contribution in [-0.2, 0) is 20.0 Å².